The number of ether oxygens (including phenoxy) is 1. The molecule has 122 valence electrons. The Bertz CT molecular complexity index is 382. The van der Waals surface area contributed by atoms with Crippen molar-refractivity contribution < 1.29 is 4.74 Å². The molecule has 2 N–H and O–H groups in total. The average molecular weight is 360 g/mol. The first kappa shape index (κ1) is 18.7. The van der Waals surface area contributed by atoms with E-state index in [-0.39, 0.29) is 6.04 Å². The number of unbranched alkanes of at least 4 members (excludes halogenated alkanes) is 6. The van der Waals surface area contributed by atoms with Gasteiger partial charge < -0.3 is 10.5 Å². The van der Waals surface area contributed by atoms with E-state index in [9.17, 15) is 0 Å². The molecule has 0 amide bonds. The Morgan fingerprint density at radius 2 is 1.90 bits per heavy atom. The van der Waals surface area contributed by atoms with Gasteiger partial charge in [0, 0.05) is 13.2 Å². The summed E-state index contributed by atoms with van der Waals surface area (Å²) in [4.78, 5) is 0. The SMILES string of the molecule is CCCCCCCCCC(N)c1c(Br)cnn1CCOC. The van der Waals surface area contributed by atoms with Crippen molar-refractivity contribution in [1.82, 2.24) is 9.78 Å². The number of hydrogen-bond donors (Lipinski definition) is 1. The summed E-state index contributed by atoms with van der Waals surface area (Å²) >= 11 is 3.56. The summed E-state index contributed by atoms with van der Waals surface area (Å²) in [5.41, 5.74) is 7.44. The zero-order valence-corrected chi connectivity index (χ0v) is 15.1. The lowest BCUT2D eigenvalue weighted by atomic mass is 10.0. The first-order valence-electron chi connectivity index (χ1n) is 8.16. The fourth-order valence-corrected chi connectivity index (χ4v) is 3.14. The molecule has 0 bridgehead atoms. The van der Waals surface area contributed by atoms with Crippen LogP contribution in [0.1, 0.15) is 70.0 Å². The minimum atomic E-state index is 0.0503. The maximum absolute atomic E-state index is 6.34. The van der Waals surface area contributed by atoms with Gasteiger partial charge in [0.05, 0.1) is 29.5 Å². The highest BCUT2D eigenvalue weighted by molar-refractivity contribution is 9.10. The summed E-state index contributed by atoms with van der Waals surface area (Å²) in [6.07, 6.45) is 12.1. The first-order valence-corrected chi connectivity index (χ1v) is 8.95. The number of nitrogens with two attached hydrogens (primary N) is 1. The van der Waals surface area contributed by atoms with E-state index < -0.39 is 0 Å². The van der Waals surface area contributed by atoms with Crippen molar-refractivity contribution in [1.29, 1.82) is 0 Å². The Morgan fingerprint density at radius 1 is 1.24 bits per heavy atom. The van der Waals surface area contributed by atoms with Crippen LogP contribution in [0, 0.1) is 0 Å². The predicted molar refractivity (Wildman–Crippen MR) is 91.3 cm³/mol. The summed E-state index contributed by atoms with van der Waals surface area (Å²) in [6, 6.07) is 0.0503. The average Bonchev–Trinajstić information content (AvgIpc) is 2.85. The Labute approximate surface area is 137 Å². The number of nitrogens with zero attached hydrogens (tertiary/aromatic N) is 2. The van der Waals surface area contributed by atoms with E-state index in [0.717, 1.165) is 23.1 Å². The van der Waals surface area contributed by atoms with Crippen molar-refractivity contribution in [3.63, 3.8) is 0 Å². The van der Waals surface area contributed by atoms with Gasteiger partial charge in [-0.1, -0.05) is 51.9 Å². The van der Waals surface area contributed by atoms with Crippen LogP contribution >= 0.6 is 15.9 Å². The molecule has 4 nitrogen and oxygen atoms in total. The molecule has 0 aliphatic heterocycles. The summed E-state index contributed by atoms with van der Waals surface area (Å²) in [5, 5.41) is 4.36. The highest BCUT2D eigenvalue weighted by Crippen LogP contribution is 2.25. The van der Waals surface area contributed by atoms with Crippen molar-refractivity contribution in [2.75, 3.05) is 13.7 Å². The van der Waals surface area contributed by atoms with Crippen LogP contribution in [0.5, 0.6) is 0 Å². The van der Waals surface area contributed by atoms with E-state index in [0.29, 0.717) is 6.61 Å². The van der Waals surface area contributed by atoms with Gasteiger partial charge in [-0.25, -0.2) is 0 Å². The Kier molecular flexibility index (Phi) is 9.96. The first-order chi connectivity index (χ1) is 10.2. The molecule has 0 aliphatic rings. The minimum Gasteiger partial charge on any atom is -0.383 e. The molecule has 0 radical (unpaired) electrons. The molecule has 0 saturated heterocycles. The molecule has 1 aromatic heterocycles. The van der Waals surface area contributed by atoms with Crippen LogP contribution < -0.4 is 5.73 Å². The molecule has 0 spiro atoms. The highest BCUT2D eigenvalue weighted by atomic mass is 79.9. The topological polar surface area (TPSA) is 53.1 Å². The normalized spacial score (nSPS) is 12.8. The molecule has 21 heavy (non-hydrogen) atoms. The number of methoxy groups -OCH3 is 1. The van der Waals surface area contributed by atoms with Gasteiger partial charge in [-0.2, -0.15) is 5.10 Å². The number of halogens is 1. The van der Waals surface area contributed by atoms with E-state index in [2.05, 4.69) is 28.0 Å². The molecule has 5 heteroatoms. The summed E-state index contributed by atoms with van der Waals surface area (Å²) in [7, 11) is 1.71. The lowest BCUT2D eigenvalue weighted by Crippen LogP contribution is -2.18. The zero-order valence-electron chi connectivity index (χ0n) is 13.5. The smallest absolute Gasteiger partial charge is 0.0694 e. The van der Waals surface area contributed by atoms with E-state index in [1.54, 1.807) is 7.11 Å². The van der Waals surface area contributed by atoms with Crippen molar-refractivity contribution in [3.8, 4) is 0 Å². The third-order valence-corrected chi connectivity index (χ3v) is 4.42. The van der Waals surface area contributed by atoms with Crippen molar-refractivity contribution in [2.45, 2.75) is 70.9 Å². The molecular weight excluding hydrogens is 330 g/mol. The van der Waals surface area contributed by atoms with Crippen LogP contribution in [-0.4, -0.2) is 23.5 Å². The molecule has 1 atom stereocenters. The van der Waals surface area contributed by atoms with Crippen molar-refractivity contribution >= 4 is 15.9 Å². The lowest BCUT2D eigenvalue weighted by Gasteiger charge is -2.15. The lowest BCUT2D eigenvalue weighted by molar-refractivity contribution is 0.182. The third-order valence-electron chi connectivity index (χ3n) is 3.81. The Balaban J connectivity index is 2.31. The molecule has 1 heterocycles. The van der Waals surface area contributed by atoms with Crippen LogP contribution in [0.2, 0.25) is 0 Å². The van der Waals surface area contributed by atoms with Gasteiger partial charge in [-0.15, -0.1) is 0 Å². The van der Waals surface area contributed by atoms with Gasteiger partial charge in [0.2, 0.25) is 0 Å². The standard InChI is InChI=1S/C16H30BrN3O/c1-3-4-5-6-7-8-9-10-15(18)16-14(17)13-19-20(16)11-12-21-2/h13,15H,3-12,18H2,1-2H3. The van der Waals surface area contributed by atoms with Crippen molar-refractivity contribution in [3.05, 3.63) is 16.4 Å². The van der Waals surface area contributed by atoms with Crippen LogP contribution in [0.25, 0.3) is 0 Å². The second kappa shape index (κ2) is 11.2. The second-order valence-electron chi connectivity index (χ2n) is 5.61. The Hall–Kier alpha value is -0.390. The van der Waals surface area contributed by atoms with Gasteiger partial charge in [-0.05, 0) is 22.4 Å². The van der Waals surface area contributed by atoms with Gasteiger partial charge >= 0.3 is 0 Å². The quantitative estimate of drug-likeness (QED) is 0.561. The van der Waals surface area contributed by atoms with E-state index in [4.69, 9.17) is 10.5 Å². The fourth-order valence-electron chi connectivity index (χ4n) is 2.55. The van der Waals surface area contributed by atoms with E-state index >= 15 is 0 Å². The molecular formula is C16H30BrN3O. The second-order valence-corrected chi connectivity index (χ2v) is 6.46. The van der Waals surface area contributed by atoms with Crippen LogP contribution in [-0.2, 0) is 11.3 Å². The number of hydrogen-bond acceptors (Lipinski definition) is 3. The Morgan fingerprint density at radius 3 is 2.57 bits per heavy atom. The minimum absolute atomic E-state index is 0.0503. The zero-order chi connectivity index (χ0) is 15.5. The molecule has 1 aromatic rings. The summed E-state index contributed by atoms with van der Waals surface area (Å²) in [6.45, 7) is 3.66. The van der Waals surface area contributed by atoms with E-state index in [1.807, 2.05) is 10.9 Å². The fraction of sp³-hybridized carbons (Fsp3) is 0.812. The van der Waals surface area contributed by atoms with Crippen molar-refractivity contribution in [2.24, 2.45) is 5.73 Å². The molecule has 1 unspecified atom stereocenters. The highest BCUT2D eigenvalue weighted by Gasteiger charge is 2.16. The molecule has 0 aliphatic carbocycles. The summed E-state index contributed by atoms with van der Waals surface area (Å²) < 4.78 is 8.08. The van der Waals surface area contributed by atoms with Gasteiger partial charge in [-0.3, -0.25) is 4.68 Å². The largest absolute Gasteiger partial charge is 0.383 e. The van der Waals surface area contributed by atoms with Crippen LogP contribution in [0.3, 0.4) is 0 Å². The predicted octanol–water partition coefficient (Wildman–Crippen LogP) is 4.43. The maximum Gasteiger partial charge on any atom is 0.0694 e. The van der Waals surface area contributed by atoms with Crippen LogP contribution in [0.4, 0.5) is 0 Å². The van der Waals surface area contributed by atoms with Gasteiger partial charge in [0.25, 0.3) is 0 Å². The van der Waals surface area contributed by atoms with E-state index in [1.165, 1.54) is 44.9 Å². The van der Waals surface area contributed by atoms with Crippen LogP contribution in [0.15, 0.2) is 10.7 Å². The maximum atomic E-state index is 6.34. The summed E-state index contributed by atoms with van der Waals surface area (Å²) in [5.74, 6) is 0. The molecule has 0 fully saturated rings. The van der Waals surface area contributed by atoms with Gasteiger partial charge in [0.15, 0.2) is 0 Å². The van der Waals surface area contributed by atoms with Gasteiger partial charge in [0.1, 0.15) is 0 Å². The third kappa shape index (κ3) is 6.94. The molecule has 0 saturated carbocycles. The molecule has 0 aromatic carbocycles. The molecule has 1 rings (SSSR count). The number of aromatic nitrogens is 2. The monoisotopic (exact) mass is 359 g/mol. The number of rotatable bonds is 12.